The number of phenols is 1. The molecule has 1 atom stereocenters. The zero-order valence-electron chi connectivity index (χ0n) is 10.2. The zero-order chi connectivity index (χ0) is 13.0. The molecule has 94 valence electrons. The van der Waals surface area contributed by atoms with E-state index in [1.165, 1.54) is 18.2 Å². The molecule has 0 saturated carbocycles. The van der Waals surface area contributed by atoms with Crippen molar-refractivity contribution in [3.63, 3.8) is 0 Å². The first-order chi connectivity index (χ1) is 7.90. The number of amides is 1. The molecule has 2 N–H and O–H groups in total. The maximum atomic E-state index is 11.9. The highest BCUT2D eigenvalue weighted by atomic mass is 35.5. The van der Waals surface area contributed by atoms with Crippen molar-refractivity contribution in [3.8, 4) is 5.75 Å². The van der Waals surface area contributed by atoms with Gasteiger partial charge in [0, 0.05) is 12.6 Å². The maximum absolute atomic E-state index is 11.9. The summed E-state index contributed by atoms with van der Waals surface area (Å²) in [6.07, 6.45) is 0. The van der Waals surface area contributed by atoms with E-state index in [1.807, 2.05) is 25.9 Å². The predicted molar refractivity (Wildman–Crippen MR) is 68.6 cm³/mol. The summed E-state index contributed by atoms with van der Waals surface area (Å²) in [6.45, 7) is 2.65. The third kappa shape index (κ3) is 4.24. The van der Waals surface area contributed by atoms with Gasteiger partial charge in [-0.2, -0.15) is 0 Å². The molecule has 5 heteroatoms. The van der Waals surface area contributed by atoms with E-state index in [9.17, 15) is 9.90 Å². The summed E-state index contributed by atoms with van der Waals surface area (Å²) in [6, 6.07) is 4.32. The average molecular weight is 257 g/mol. The fourth-order valence-electron chi connectivity index (χ4n) is 1.58. The number of aromatic hydroxyl groups is 1. The number of hydrogen-bond donors (Lipinski definition) is 2. The van der Waals surface area contributed by atoms with Gasteiger partial charge < -0.3 is 15.3 Å². The van der Waals surface area contributed by atoms with Crippen LogP contribution in [0, 0.1) is 0 Å². The number of carbonyl (C=O) groups is 1. The van der Waals surface area contributed by atoms with Gasteiger partial charge in [0.1, 0.15) is 5.75 Å². The van der Waals surface area contributed by atoms with Crippen molar-refractivity contribution in [2.45, 2.75) is 13.0 Å². The average Bonchev–Trinajstić information content (AvgIpc) is 2.20. The van der Waals surface area contributed by atoms with Crippen LogP contribution < -0.4 is 5.32 Å². The van der Waals surface area contributed by atoms with Crippen LogP contribution in [-0.4, -0.2) is 42.6 Å². The molecule has 1 amide bonds. The van der Waals surface area contributed by atoms with Crippen LogP contribution >= 0.6 is 11.6 Å². The first-order valence-corrected chi connectivity index (χ1v) is 5.72. The second-order valence-corrected chi connectivity index (χ2v) is 4.71. The van der Waals surface area contributed by atoms with Crippen molar-refractivity contribution in [2.24, 2.45) is 0 Å². The lowest BCUT2D eigenvalue weighted by Crippen LogP contribution is -2.39. The number of rotatable bonds is 4. The minimum Gasteiger partial charge on any atom is -0.508 e. The quantitative estimate of drug-likeness (QED) is 0.863. The van der Waals surface area contributed by atoms with Gasteiger partial charge in [-0.3, -0.25) is 4.79 Å². The van der Waals surface area contributed by atoms with E-state index < -0.39 is 0 Å². The standard InChI is InChI=1S/C12H17ClN2O2/c1-8(7-15(2)3)14-12(17)10-6-9(16)4-5-11(10)13/h4-6,8,16H,7H2,1-3H3,(H,14,17). The topological polar surface area (TPSA) is 52.6 Å². The summed E-state index contributed by atoms with van der Waals surface area (Å²) in [7, 11) is 3.87. The molecule has 17 heavy (non-hydrogen) atoms. The first-order valence-electron chi connectivity index (χ1n) is 5.34. The van der Waals surface area contributed by atoms with Crippen LogP contribution in [0.4, 0.5) is 0 Å². The number of nitrogens with zero attached hydrogens (tertiary/aromatic N) is 1. The Bertz CT molecular complexity index is 407. The Hall–Kier alpha value is -1.26. The number of hydrogen-bond acceptors (Lipinski definition) is 3. The first kappa shape index (κ1) is 13.8. The highest BCUT2D eigenvalue weighted by molar-refractivity contribution is 6.33. The number of carbonyl (C=O) groups excluding carboxylic acids is 1. The number of likely N-dealkylation sites (N-methyl/N-ethyl adjacent to an activating group) is 1. The molecule has 1 rings (SSSR count). The van der Waals surface area contributed by atoms with Gasteiger partial charge in [0.15, 0.2) is 0 Å². The summed E-state index contributed by atoms with van der Waals surface area (Å²) >= 11 is 5.90. The molecule has 1 aromatic carbocycles. The Labute approximate surface area is 106 Å². The minimum atomic E-state index is -0.278. The van der Waals surface area contributed by atoms with Crippen molar-refractivity contribution in [1.29, 1.82) is 0 Å². The van der Waals surface area contributed by atoms with Gasteiger partial charge in [0.2, 0.25) is 0 Å². The molecule has 0 heterocycles. The summed E-state index contributed by atoms with van der Waals surface area (Å²) in [5.41, 5.74) is 0.289. The second kappa shape index (κ2) is 5.89. The lowest BCUT2D eigenvalue weighted by Gasteiger charge is -2.18. The molecule has 1 aromatic rings. The number of phenolic OH excluding ortho intramolecular Hbond substituents is 1. The van der Waals surface area contributed by atoms with E-state index in [4.69, 9.17) is 11.6 Å². The molecule has 0 aromatic heterocycles. The van der Waals surface area contributed by atoms with Gasteiger partial charge in [-0.1, -0.05) is 11.6 Å². The number of nitrogens with one attached hydrogen (secondary N) is 1. The summed E-state index contributed by atoms with van der Waals surface area (Å²) in [5, 5.41) is 12.5. The summed E-state index contributed by atoms with van der Waals surface area (Å²) in [5.74, 6) is -0.250. The van der Waals surface area contributed by atoms with Crippen LogP contribution in [0.25, 0.3) is 0 Å². The smallest absolute Gasteiger partial charge is 0.253 e. The molecular weight excluding hydrogens is 240 g/mol. The van der Waals surface area contributed by atoms with Gasteiger partial charge >= 0.3 is 0 Å². The lowest BCUT2D eigenvalue weighted by atomic mass is 10.2. The van der Waals surface area contributed by atoms with Crippen LogP contribution in [0.3, 0.4) is 0 Å². The summed E-state index contributed by atoms with van der Waals surface area (Å²) < 4.78 is 0. The number of halogens is 1. The minimum absolute atomic E-state index is 0.0101. The van der Waals surface area contributed by atoms with E-state index in [0.717, 1.165) is 6.54 Å². The molecule has 0 fully saturated rings. The summed E-state index contributed by atoms with van der Waals surface area (Å²) in [4.78, 5) is 13.9. The van der Waals surface area contributed by atoms with Gasteiger partial charge in [-0.15, -0.1) is 0 Å². The van der Waals surface area contributed by atoms with Gasteiger partial charge in [-0.05, 0) is 39.2 Å². The van der Waals surface area contributed by atoms with Crippen LogP contribution in [0.15, 0.2) is 18.2 Å². The second-order valence-electron chi connectivity index (χ2n) is 4.30. The number of benzene rings is 1. The van der Waals surface area contributed by atoms with E-state index >= 15 is 0 Å². The Balaban J connectivity index is 2.73. The van der Waals surface area contributed by atoms with E-state index in [2.05, 4.69) is 5.32 Å². The van der Waals surface area contributed by atoms with Crippen molar-refractivity contribution >= 4 is 17.5 Å². The van der Waals surface area contributed by atoms with Crippen molar-refractivity contribution < 1.29 is 9.90 Å². The SMILES string of the molecule is CC(CN(C)C)NC(=O)c1cc(O)ccc1Cl. The molecule has 0 aliphatic rings. The lowest BCUT2D eigenvalue weighted by molar-refractivity contribution is 0.0934. The monoisotopic (exact) mass is 256 g/mol. The van der Waals surface area contributed by atoms with Gasteiger partial charge in [0.05, 0.1) is 10.6 Å². The van der Waals surface area contributed by atoms with Crippen LogP contribution in [0.1, 0.15) is 17.3 Å². The molecule has 0 saturated heterocycles. The third-order valence-corrected chi connectivity index (χ3v) is 2.54. The highest BCUT2D eigenvalue weighted by Crippen LogP contribution is 2.21. The Kier molecular flexibility index (Phi) is 4.78. The van der Waals surface area contributed by atoms with Gasteiger partial charge in [0.25, 0.3) is 5.91 Å². The molecule has 0 bridgehead atoms. The maximum Gasteiger partial charge on any atom is 0.253 e. The fourth-order valence-corrected chi connectivity index (χ4v) is 1.79. The fraction of sp³-hybridized carbons (Fsp3) is 0.417. The van der Waals surface area contributed by atoms with E-state index in [-0.39, 0.29) is 23.3 Å². The molecule has 0 aliphatic carbocycles. The van der Waals surface area contributed by atoms with Crippen LogP contribution in [0.2, 0.25) is 5.02 Å². The van der Waals surface area contributed by atoms with Gasteiger partial charge in [-0.25, -0.2) is 0 Å². The Morgan fingerprint density at radius 1 is 1.53 bits per heavy atom. The van der Waals surface area contributed by atoms with Crippen LogP contribution in [-0.2, 0) is 0 Å². The predicted octanol–water partition coefficient (Wildman–Crippen LogP) is 1.73. The van der Waals surface area contributed by atoms with Crippen molar-refractivity contribution in [1.82, 2.24) is 10.2 Å². The van der Waals surface area contributed by atoms with E-state index in [1.54, 1.807) is 0 Å². The Morgan fingerprint density at radius 2 is 2.18 bits per heavy atom. The van der Waals surface area contributed by atoms with Crippen LogP contribution in [0.5, 0.6) is 5.75 Å². The molecule has 0 radical (unpaired) electrons. The molecule has 0 spiro atoms. The van der Waals surface area contributed by atoms with Crippen molar-refractivity contribution in [2.75, 3.05) is 20.6 Å². The molecule has 0 aliphatic heterocycles. The molecular formula is C12H17ClN2O2. The molecule has 1 unspecified atom stereocenters. The normalized spacial score (nSPS) is 12.5. The largest absolute Gasteiger partial charge is 0.508 e. The Morgan fingerprint density at radius 3 is 2.76 bits per heavy atom. The van der Waals surface area contributed by atoms with E-state index in [0.29, 0.717) is 5.02 Å². The highest BCUT2D eigenvalue weighted by Gasteiger charge is 2.14. The third-order valence-electron chi connectivity index (χ3n) is 2.21. The zero-order valence-corrected chi connectivity index (χ0v) is 11.0. The molecule has 4 nitrogen and oxygen atoms in total. The van der Waals surface area contributed by atoms with Crippen molar-refractivity contribution in [3.05, 3.63) is 28.8 Å².